The van der Waals surface area contributed by atoms with E-state index >= 15 is 0 Å². The summed E-state index contributed by atoms with van der Waals surface area (Å²) in [5.41, 5.74) is 4.00. The Morgan fingerprint density at radius 1 is 1.12 bits per heavy atom. The van der Waals surface area contributed by atoms with Gasteiger partial charge in [0, 0.05) is 42.4 Å². The van der Waals surface area contributed by atoms with Gasteiger partial charge >= 0.3 is 6.18 Å². The Labute approximate surface area is 183 Å². The van der Waals surface area contributed by atoms with Gasteiger partial charge in [0.25, 0.3) is 0 Å². The number of fused-ring (bicyclic) bond motifs is 1. The zero-order valence-electron chi connectivity index (χ0n) is 18.2. The van der Waals surface area contributed by atoms with Gasteiger partial charge in [-0.1, -0.05) is 0 Å². The number of rotatable bonds is 3. The molecule has 170 valence electrons. The quantitative estimate of drug-likeness (QED) is 0.606. The Morgan fingerprint density at radius 3 is 2.59 bits per heavy atom. The molecule has 3 aromatic rings. The van der Waals surface area contributed by atoms with E-state index in [9.17, 15) is 13.2 Å². The summed E-state index contributed by atoms with van der Waals surface area (Å²) in [4.78, 5) is 16.2. The molecule has 0 unspecified atom stereocenters. The molecule has 2 aliphatic rings. The molecule has 3 aromatic heterocycles. The van der Waals surface area contributed by atoms with Crippen LogP contribution in [0.5, 0.6) is 0 Å². The molecule has 5 rings (SSSR count). The molecule has 10 heteroatoms. The smallest absolute Gasteiger partial charge is 0.370 e. The van der Waals surface area contributed by atoms with Crippen molar-refractivity contribution in [1.29, 1.82) is 0 Å². The Kier molecular flexibility index (Phi) is 5.07. The van der Waals surface area contributed by atoms with Gasteiger partial charge in [-0.15, -0.1) is 0 Å². The first-order chi connectivity index (χ1) is 15.2. The van der Waals surface area contributed by atoms with Crippen LogP contribution in [0.1, 0.15) is 47.4 Å². The van der Waals surface area contributed by atoms with E-state index < -0.39 is 12.1 Å². The zero-order valence-corrected chi connectivity index (χ0v) is 18.2. The number of morpholine rings is 1. The third-order valence-corrected chi connectivity index (χ3v) is 6.58. The van der Waals surface area contributed by atoms with Gasteiger partial charge in [0.15, 0.2) is 5.65 Å². The van der Waals surface area contributed by atoms with Crippen molar-refractivity contribution < 1.29 is 17.9 Å². The molecular weight excluding hydrogens is 421 g/mol. The highest BCUT2D eigenvalue weighted by Gasteiger charge is 2.49. The average molecular weight is 446 g/mol. The molecule has 0 radical (unpaired) electrons. The molecule has 2 fully saturated rings. The lowest BCUT2D eigenvalue weighted by Gasteiger charge is -2.37. The van der Waals surface area contributed by atoms with Gasteiger partial charge in [-0.05, 0) is 38.3 Å². The van der Waals surface area contributed by atoms with Gasteiger partial charge < -0.3 is 9.64 Å². The first-order valence-corrected chi connectivity index (χ1v) is 10.8. The third-order valence-electron chi connectivity index (χ3n) is 6.58. The molecule has 0 spiro atoms. The maximum atomic E-state index is 13.1. The van der Waals surface area contributed by atoms with E-state index in [0.717, 1.165) is 22.2 Å². The third kappa shape index (κ3) is 3.80. The molecule has 4 heterocycles. The molecule has 0 aromatic carbocycles. The largest absolute Gasteiger partial charge is 0.391 e. The molecule has 1 atom stereocenters. The summed E-state index contributed by atoms with van der Waals surface area (Å²) in [6.45, 7) is 5.49. The normalized spacial score (nSPS) is 24.1. The maximum absolute atomic E-state index is 13.1. The maximum Gasteiger partial charge on any atom is 0.391 e. The van der Waals surface area contributed by atoms with Crippen LogP contribution < -0.4 is 4.90 Å². The molecule has 0 bridgehead atoms. The molecule has 1 aliphatic heterocycles. The summed E-state index contributed by atoms with van der Waals surface area (Å²) in [7, 11) is 1.85. The summed E-state index contributed by atoms with van der Waals surface area (Å²) < 4.78 is 47.0. The van der Waals surface area contributed by atoms with Crippen molar-refractivity contribution >= 4 is 17.0 Å². The Balaban J connectivity index is 1.50. The summed E-state index contributed by atoms with van der Waals surface area (Å²) in [6, 6.07) is 1.95. The van der Waals surface area contributed by atoms with E-state index in [1.165, 1.54) is 0 Å². The Hall–Kier alpha value is -2.75. The summed E-state index contributed by atoms with van der Waals surface area (Å²) in [6.07, 6.45) is -0.521. The van der Waals surface area contributed by atoms with Crippen molar-refractivity contribution in [3.63, 3.8) is 0 Å². The van der Waals surface area contributed by atoms with E-state index in [-0.39, 0.29) is 24.9 Å². The van der Waals surface area contributed by atoms with Crippen LogP contribution in [-0.2, 0) is 11.8 Å². The fraction of sp³-hybridized carbons (Fsp3) is 0.545. The number of nitrogens with zero attached hydrogens (tertiary/aromatic N) is 6. The van der Waals surface area contributed by atoms with Crippen LogP contribution in [0.3, 0.4) is 0 Å². The second-order valence-corrected chi connectivity index (χ2v) is 8.83. The average Bonchev–Trinajstić information content (AvgIpc) is 3.13. The first-order valence-electron chi connectivity index (χ1n) is 10.8. The van der Waals surface area contributed by atoms with Crippen LogP contribution in [0, 0.1) is 19.8 Å². The van der Waals surface area contributed by atoms with Gasteiger partial charge in [0.2, 0.25) is 5.95 Å². The number of ether oxygens (including phenoxy) is 1. The van der Waals surface area contributed by atoms with Gasteiger partial charge in [-0.25, -0.2) is 9.97 Å². The van der Waals surface area contributed by atoms with E-state index in [0.29, 0.717) is 37.0 Å². The lowest BCUT2D eigenvalue weighted by molar-refractivity contribution is -0.197. The van der Waals surface area contributed by atoms with Crippen LogP contribution in [0.4, 0.5) is 19.1 Å². The number of pyridine rings is 1. The molecule has 7 nitrogen and oxygen atoms in total. The van der Waals surface area contributed by atoms with E-state index in [1.54, 1.807) is 10.9 Å². The highest BCUT2D eigenvalue weighted by atomic mass is 19.4. The number of anilines is 1. The monoisotopic (exact) mass is 446 g/mol. The number of hydrogen-bond acceptors (Lipinski definition) is 6. The molecule has 1 saturated heterocycles. The number of aromatic nitrogens is 5. The predicted molar refractivity (Wildman–Crippen MR) is 112 cm³/mol. The van der Waals surface area contributed by atoms with Gasteiger partial charge in [0.05, 0.1) is 31.0 Å². The lowest BCUT2D eigenvalue weighted by atomic mass is 9.72. The van der Waals surface area contributed by atoms with Gasteiger partial charge in [0.1, 0.15) is 6.10 Å². The second-order valence-electron chi connectivity index (χ2n) is 8.83. The van der Waals surface area contributed by atoms with Crippen molar-refractivity contribution in [3.8, 4) is 0 Å². The van der Waals surface area contributed by atoms with Crippen molar-refractivity contribution in [1.82, 2.24) is 24.7 Å². The van der Waals surface area contributed by atoms with Crippen molar-refractivity contribution in [3.05, 3.63) is 41.0 Å². The van der Waals surface area contributed by atoms with Crippen LogP contribution in [0.15, 0.2) is 18.5 Å². The topological polar surface area (TPSA) is 69.0 Å². The number of alkyl halides is 3. The summed E-state index contributed by atoms with van der Waals surface area (Å²) in [5.74, 6) is -1.01. The number of halogens is 3. The van der Waals surface area contributed by atoms with Crippen LogP contribution >= 0.6 is 0 Å². The minimum absolute atomic E-state index is 0.0589. The van der Waals surface area contributed by atoms with Crippen molar-refractivity contribution in [2.45, 2.75) is 44.9 Å². The fourth-order valence-electron chi connectivity index (χ4n) is 4.45. The van der Waals surface area contributed by atoms with Crippen molar-refractivity contribution in [2.75, 3.05) is 24.6 Å². The van der Waals surface area contributed by atoms with E-state index in [1.807, 2.05) is 38.1 Å². The number of hydrogen-bond donors (Lipinski definition) is 0. The molecule has 32 heavy (non-hydrogen) atoms. The minimum Gasteiger partial charge on any atom is -0.370 e. The minimum atomic E-state index is -4.16. The molecular formula is C22H25F3N6O. The van der Waals surface area contributed by atoms with Crippen LogP contribution in [0.2, 0.25) is 0 Å². The van der Waals surface area contributed by atoms with Crippen molar-refractivity contribution in [2.24, 2.45) is 13.0 Å². The molecule has 1 aliphatic carbocycles. The van der Waals surface area contributed by atoms with Gasteiger partial charge in [-0.2, -0.15) is 23.3 Å². The first kappa shape index (κ1) is 21.1. The summed E-state index contributed by atoms with van der Waals surface area (Å²) in [5, 5.41) is 4.97. The second kappa shape index (κ2) is 7.68. The molecule has 0 N–H and O–H groups in total. The fourth-order valence-corrected chi connectivity index (χ4v) is 4.45. The van der Waals surface area contributed by atoms with Crippen LogP contribution in [-0.4, -0.2) is 50.6 Å². The standard InChI is InChI=1S/C22H25F3N6O/c1-12-6-17-19(14-7-16(8-14)22(23,24)25)28-21(29-20(17)27-13(12)2)31-4-5-32-18(11-31)15-9-26-30(3)10-15/h6,9-10,14,16,18H,4-5,7-8,11H2,1-3H3/t14?,16?,18-/m1/s1. The highest BCUT2D eigenvalue weighted by molar-refractivity contribution is 5.80. The van der Waals surface area contributed by atoms with E-state index in [2.05, 4.69) is 10.1 Å². The Morgan fingerprint density at radius 2 is 1.91 bits per heavy atom. The summed E-state index contributed by atoms with van der Waals surface area (Å²) >= 11 is 0. The van der Waals surface area contributed by atoms with E-state index in [4.69, 9.17) is 14.7 Å². The predicted octanol–water partition coefficient (Wildman–Crippen LogP) is 4.01. The number of aryl methyl sites for hydroxylation is 3. The molecule has 1 saturated carbocycles. The highest BCUT2D eigenvalue weighted by Crippen LogP contribution is 2.50. The molecule has 0 amide bonds. The Bertz CT molecular complexity index is 1150. The van der Waals surface area contributed by atoms with Gasteiger partial charge in [-0.3, -0.25) is 4.68 Å². The SMILES string of the molecule is Cc1cc2c(C3CC(C(F)(F)F)C3)nc(N3CCO[C@@H](c4cnn(C)c4)C3)nc2nc1C. The lowest BCUT2D eigenvalue weighted by Crippen LogP contribution is -2.40. The zero-order chi connectivity index (χ0) is 22.6. The van der Waals surface area contributed by atoms with Crippen LogP contribution in [0.25, 0.3) is 11.0 Å².